The number of aromatic amines is 1. The van der Waals surface area contributed by atoms with Crippen molar-refractivity contribution < 1.29 is 4.79 Å². The highest BCUT2D eigenvalue weighted by Gasteiger charge is 1.93. The molecular weight excluding hydrogens is 152 g/mol. The largest absolute Gasteiger partial charge is 0.367 e. The van der Waals surface area contributed by atoms with E-state index in [1.165, 1.54) is 5.56 Å². The fourth-order valence-corrected chi connectivity index (χ4v) is 1.01. The molecule has 12 heavy (non-hydrogen) atoms. The maximum atomic E-state index is 10.5. The molecule has 0 unspecified atom stereocenters. The summed E-state index contributed by atoms with van der Waals surface area (Å²) < 4.78 is 0. The normalized spacial score (nSPS) is 10.1. The summed E-state index contributed by atoms with van der Waals surface area (Å²) in [6.45, 7) is 2.92. The van der Waals surface area contributed by atoms with Crippen LogP contribution < -0.4 is 5.32 Å². The summed E-state index contributed by atoms with van der Waals surface area (Å²) in [7, 11) is 0. The molecule has 0 aliphatic heterocycles. The molecule has 1 rings (SSSR count). The van der Waals surface area contributed by atoms with E-state index in [2.05, 4.69) is 10.3 Å². The first kappa shape index (κ1) is 9.00. The maximum absolute atomic E-state index is 10.5. The minimum Gasteiger partial charge on any atom is -0.367 e. The summed E-state index contributed by atoms with van der Waals surface area (Å²) in [5, 5.41) is 3.06. The predicted octanol–water partition coefficient (Wildman–Crippen LogP) is 0.736. The van der Waals surface area contributed by atoms with Crippen molar-refractivity contribution in [1.82, 2.24) is 10.3 Å². The Labute approximate surface area is 72.2 Å². The van der Waals surface area contributed by atoms with Gasteiger partial charge < -0.3 is 10.3 Å². The van der Waals surface area contributed by atoms with Crippen molar-refractivity contribution in [2.24, 2.45) is 0 Å². The standard InChI is InChI=1S/C9H14N2O/c1-8(12)6-10-4-2-9-3-5-11-7-9/h3,5,7,10-11H,2,4,6H2,1H3. The molecule has 0 atom stereocenters. The number of hydrogen-bond donors (Lipinski definition) is 2. The lowest BCUT2D eigenvalue weighted by Crippen LogP contribution is -2.23. The first-order valence-electron chi connectivity index (χ1n) is 4.11. The van der Waals surface area contributed by atoms with Gasteiger partial charge in [-0.25, -0.2) is 0 Å². The Balaban J connectivity index is 2.07. The van der Waals surface area contributed by atoms with Crippen LogP contribution in [0.5, 0.6) is 0 Å². The topological polar surface area (TPSA) is 44.9 Å². The van der Waals surface area contributed by atoms with Crippen molar-refractivity contribution in [2.75, 3.05) is 13.1 Å². The molecule has 0 aliphatic carbocycles. The highest BCUT2D eigenvalue weighted by Crippen LogP contribution is 1.95. The van der Waals surface area contributed by atoms with Crippen LogP contribution in [0, 0.1) is 0 Å². The van der Waals surface area contributed by atoms with E-state index in [1.54, 1.807) is 6.92 Å². The van der Waals surface area contributed by atoms with E-state index in [-0.39, 0.29) is 5.78 Å². The number of aromatic nitrogens is 1. The van der Waals surface area contributed by atoms with Crippen molar-refractivity contribution in [3.63, 3.8) is 0 Å². The smallest absolute Gasteiger partial charge is 0.143 e. The summed E-state index contributed by atoms with van der Waals surface area (Å²) in [6, 6.07) is 2.04. The molecule has 0 amide bonds. The fraction of sp³-hybridized carbons (Fsp3) is 0.444. The van der Waals surface area contributed by atoms with Gasteiger partial charge in [0.2, 0.25) is 0 Å². The lowest BCUT2D eigenvalue weighted by molar-refractivity contribution is -0.116. The molecule has 0 aliphatic rings. The van der Waals surface area contributed by atoms with Gasteiger partial charge in [0.05, 0.1) is 6.54 Å². The lowest BCUT2D eigenvalue weighted by Gasteiger charge is -1.99. The van der Waals surface area contributed by atoms with Crippen LogP contribution in [0.1, 0.15) is 12.5 Å². The summed E-state index contributed by atoms with van der Waals surface area (Å²) in [6.07, 6.45) is 4.84. The van der Waals surface area contributed by atoms with Crippen molar-refractivity contribution in [3.8, 4) is 0 Å². The summed E-state index contributed by atoms with van der Waals surface area (Å²) in [5.74, 6) is 0.184. The van der Waals surface area contributed by atoms with Gasteiger partial charge in [-0.1, -0.05) is 0 Å². The molecule has 1 aromatic rings. The van der Waals surface area contributed by atoms with Crippen molar-refractivity contribution >= 4 is 5.78 Å². The van der Waals surface area contributed by atoms with Crippen LogP contribution in [-0.4, -0.2) is 23.9 Å². The molecule has 3 nitrogen and oxygen atoms in total. The van der Waals surface area contributed by atoms with E-state index in [0.717, 1.165) is 13.0 Å². The Morgan fingerprint density at radius 1 is 1.67 bits per heavy atom. The monoisotopic (exact) mass is 166 g/mol. The van der Waals surface area contributed by atoms with Gasteiger partial charge in [-0.3, -0.25) is 4.79 Å². The number of rotatable bonds is 5. The van der Waals surface area contributed by atoms with Crippen molar-refractivity contribution in [2.45, 2.75) is 13.3 Å². The fourth-order valence-electron chi connectivity index (χ4n) is 1.01. The average Bonchev–Trinajstić information content (AvgIpc) is 2.49. The van der Waals surface area contributed by atoms with Crippen molar-refractivity contribution in [3.05, 3.63) is 24.0 Å². The van der Waals surface area contributed by atoms with E-state index in [1.807, 2.05) is 18.5 Å². The molecule has 0 radical (unpaired) electrons. The van der Waals surface area contributed by atoms with Gasteiger partial charge in [0, 0.05) is 12.4 Å². The van der Waals surface area contributed by atoms with Crippen LogP contribution in [0.3, 0.4) is 0 Å². The van der Waals surface area contributed by atoms with Gasteiger partial charge in [-0.15, -0.1) is 0 Å². The third kappa shape index (κ3) is 3.34. The summed E-state index contributed by atoms with van der Waals surface area (Å²) in [4.78, 5) is 13.5. The van der Waals surface area contributed by atoms with Gasteiger partial charge >= 0.3 is 0 Å². The lowest BCUT2D eigenvalue weighted by atomic mass is 10.2. The Hall–Kier alpha value is -1.09. The van der Waals surface area contributed by atoms with E-state index < -0.39 is 0 Å². The van der Waals surface area contributed by atoms with Crippen LogP contribution in [0.2, 0.25) is 0 Å². The molecule has 0 spiro atoms. The molecule has 1 heterocycles. The minimum absolute atomic E-state index is 0.184. The maximum Gasteiger partial charge on any atom is 0.143 e. The van der Waals surface area contributed by atoms with Crippen molar-refractivity contribution in [1.29, 1.82) is 0 Å². The Kier molecular flexibility index (Phi) is 3.54. The number of ketones is 1. The van der Waals surface area contributed by atoms with Gasteiger partial charge in [-0.05, 0) is 31.5 Å². The molecule has 0 aromatic carbocycles. The van der Waals surface area contributed by atoms with Crippen LogP contribution in [0.4, 0.5) is 0 Å². The second kappa shape index (κ2) is 4.72. The first-order valence-corrected chi connectivity index (χ1v) is 4.11. The minimum atomic E-state index is 0.184. The number of carbonyl (C=O) groups excluding carboxylic acids is 1. The first-order chi connectivity index (χ1) is 5.79. The number of carbonyl (C=O) groups is 1. The van der Waals surface area contributed by atoms with E-state index in [9.17, 15) is 4.79 Å². The van der Waals surface area contributed by atoms with Crippen LogP contribution in [-0.2, 0) is 11.2 Å². The Morgan fingerprint density at radius 3 is 3.08 bits per heavy atom. The Bertz CT molecular complexity index is 229. The summed E-state index contributed by atoms with van der Waals surface area (Å²) >= 11 is 0. The number of nitrogens with one attached hydrogen (secondary N) is 2. The number of Topliss-reactive ketones (excluding diaryl/α,β-unsaturated/α-hetero) is 1. The van der Waals surface area contributed by atoms with Gasteiger partial charge in [0.15, 0.2) is 0 Å². The van der Waals surface area contributed by atoms with Gasteiger partial charge in [0.25, 0.3) is 0 Å². The molecule has 66 valence electrons. The molecule has 0 bridgehead atoms. The molecule has 0 fully saturated rings. The second-order valence-corrected chi connectivity index (χ2v) is 2.85. The zero-order valence-corrected chi connectivity index (χ0v) is 7.26. The van der Waals surface area contributed by atoms with Crippen LogP contribution in [0.25, 0.3) is 0 Å². The highest BCUT2D eigenvalue weighted by molar-refractivity contribution is 5.77. The Morgan fingerprint density at radius 2 is 2.50 bits per heavy atom. The molecule has 0 saturated carbocycles. The zero-order valence-electron chi connectivity index (χ0n) is 7.26. The van der Waals surface area contributed by atoms with Gasteiger partial charge in [0.1, 0.15) is 5.78 Å². The zero-order chi connectivity index (χ0) is 8.81. The number of H-pyrrole nitrogens is 1. The van der Waals surface area contributed by atoms with Gasteiger partial charge in [-0.2, -0.15) is 0 Å². The predicted molar refractivity (Wildman–Crippen MR) is 48.0 cm³/mol. The molecule has 2 N–H and O–H groups in total. The van der Waals surface area contributed by atoms with E-state index in [0.29, 0.717) is 6.54 Å². The molecular formula is C9H14N2O. The number of hydrogen-bond acceptors (Lipinski definition) is 2. The summed E-state index contributed by atoms with van der Waals surface area (Å²) in [5.41, 5.74) is 1.27. The third-order valence-electron chi connectivity index (χ3n) is 1.63. The average molecular weight is 166 g/mol. The molecule has 3 heteroatoms. The third-order valence-corrected chi connectivity index (χ3v) is 1.63. The molecule has 1 aromatic heterocycles. The highest BCUT2D eigenvalue weighted by atomic mass is 16.1. The SMILES string of the molecule is CC(=O)CNCCc1cc[nH]c1. The quantitative estimate of drug-likeness (QED) is 0.633. The van der Waals surface area contributed by atoms with E-state index >= 15 is 0 Å². The second-order valence-electron chi connectivity index (χ2n) is 2.85. The molecule has 0 saturated heterocycles. The van der Waals surface area contributed by atoms with E-state index in [4.69, 9.17) is 0 Å². The van der Waals surface area contributed by atoms with Crippen LogP contribution >= 0.6 is 0 Å². The van der Waals surface area contributed by atoms with Crippen LogP contribution in [0.15, 0.2) is 18.5 Å².